The molecule has 1 fully saturated rings. The number of hydrogen-bond donors (Lipinski definition) is 2. The number of pyridine rings is 1. The number of hydrogen-bond acceptors (Lipinski definition) is 8. The summed E-state index contributed by atoms with van der Waals surface area (Å²) in [5, 5.41) is 24.1. The van der Waals surface area contributed by atoms with Gasteiger partial charge in [-0.05, 0) is 32.8 Å². The van der Waals surface area contributed by atoms with Crippen LogP contribution in [0.5, 0.6) is 0 Å². The SMILES string of the molecule is C[C@H](Nc1cc(-c2cnc(NC(=O)C3CC3)cn2)cnc1C#N)C(=O)N(C)[C@H](C)C#N. The number of nitrogens with one attached hydrogen (secondary N) is 2. The van der Waals surface area contributed by atoms with Crippen LogP contribution in [0.3, 0.4) is 0 Å². The normalized spacial score (nSPS) is 14.5. The molecule has 2 heterocycles. The van der Waals surface area contributed by atoms with Crippen LogP contribution in [0, 0.1) is 28.6 Å². The van der Waals surface area contributed by atoms with Gasteiger partial charge in [0, 0.05) is 24.7 Å². The van der Waals surface area contributed by atoms with Gasteiger partial charge in [-0.1, -0.05) is 0 Å². The van der Waals surface area contributed by atoms with Gasteiger partial charge in [-0.3, -0.25) is 14.6 Å². The Kier molecular flexibility index (Phi) is 6.41. The lowest BCUT2D eigenvalue weighted by Crippen LogP contribution is -2.43. The number of carbonyl (C=O) groups is 2. The maximum absolute atomic E-state index is 12.5. The Balaban J connectivity index is 1.77. The molecule has 2 N–H and O–H groups in total. The minimum absolute atomic E-state index is 0.0529. The van der Waals surface area contributed by atoms with E-state index in [1.807, 2.05) is 12.1 Å². The second-order valence-corrected chi connectivity index (χ2v) is 7.40. The van der Waals surface area contributed by atoms with Crippen LogP contribution in [-0.4, -0.2) is 50.8 Å². The van der Waals surface area contributed by atoms with Crippen molar-refractivity contribution in [2.75, 3.05) is 17.7 Å². The van der Waals surface area contributed by atoms with Crippen molar-refractivity contribution >= 4 is 23.3 Å². The zero-order valence-electron chi connectivity index (χ0n) is 17.5. The van der Waals surface area contributed by atoms with Crippen molar-refractivity contribution in [3.05, 3.63) is 30.4 Å². The summed E-state index contributed by atoms with van der Waals surface area (Å²) < 4.78 is 0. The van der Waals surface area contributed by atoms with Crippen molar-refractivity contribution in [2.45, 2.75) is 38.8 Å². The average molecular weight is 418 g/mol. The second kappa shape index (κ2) is 9.18. The van der Waals surface area contributed by atoms with Crippen molar-refractivity contribution in [3.8, 4) is 23.4 Å². The molecule has 0 radical (unpaired) electrons. The summed E-state index contributed by atoms with van der Waals surface area (Å²) in [6.07, 6.45) is 6.26. The molecule has 0 spiro atoms. The maximum Gasteiger partial charge on any atom is 0.245 e. The fourth-order valence-corrected chi connectivity index (χ4v) is 2.80. The van der Waals surface area contributed by atoms with Gasteiger partial charge in [0.2, 0.25) is 11.8 Å². The molecule has 0 aliphatic heterocycles. The van der Waals surface area contributed by atoms with Crippen molar-refractivity contribution in [3.63, 3.8) is 0 Å². The van der Waals surface area contributed by atoms with Gasteiger partial charge in [0.05, 0.1) is 29.8 Å². The van der Waals surface area contributed by atoms with E-state index in [1.54, 1.807) is 27.0 Å². The van der Waals surface area contributed by atoms with E-state index in [9.17, 15) is 14.9 Å². The molecule has 3 rings (SSSR count). The molecule has 2 aromatic heterocycles. The first-order chi connectivity index (χ1) is 14.8. The van der Waals surface area contributed by atoms with Gasteiger partial charge in [-0.25, -0.2) is 9.97 Å². The van der Waals surface area contributed by atoms with Crippen LogP contribution in [0.1, 0.15) is 32.4 Å². The van der Waals surface area contributed by atoms with Gasteiger partial charge in [-0.15, -0.1) is 0 Å². The highest BCUT2D eigenvalue weighted by Gasteiger charge is 2.29. The summed E-state index contributed by atoms with van der Waals surface area (Å²) in [6, 6.07) is 4.41. The van der Waals surface area contributed by atoms with E-state index < -0.39 is 12.1 Å². The van der Waals surface area contributed by atoms with Gasteiger partial charge in [0.25, 0.3) is 0 Å². The Morgan fingerprint density at radius 2 is 1.90 bits per heavy atom. The number of likely N-dealkylation sites (N-methyl/N-ethyl adjacent to an activating group) is 1. The summed E-state index contributed by atoms with van der Waals surface area (Å²) in [7, 11) is 1.55. The minimum Gasteiger partial charge on any atom is -0.372 e. The summed E-state index contributed by atoms with van der Waals surface area (Å²) in [4.78, 5) is 38.4. The lowest BCUT2D eigenvalue weighted by Gasteiger charge is -2.24. The van der Waals surface area contributed by atoms with Crippen molar-refractivity contribution in [1.82, 2.24) is 19.9 Å². The fourth-order valence-electron chi connectivity index (χ4n) is 2.80. The van der Waals surface area contributed by atoms with Gasteiger partial charge in [0.1, 0.15) is 18.2 Å². The largest absolute Gasteiger partial charge is 0.372 e. The monoisotopic (exact) mass is 418 g/mol. The first kappa shape index (κ1) is 21.7. The molecule has 2 atom stereocenters. The van der Waals surface area contributed by atoms with Gasteiger partial charge in [-0.2, -0.15) is 10.5 Å². The molecular formula is C21H22N8O2. The predicted molar refractivity (Wildman–Crippen MR) is 112 cm³/mol. The average Bonchev–Trinajstić information content (AvgIpc) is 3.63. The molecule has 1 aliphatic carbocycles. The van der Waals surface area contributed by atoms with Crippen molar-refractivity contribution in [2.24, 2.45) is 5.92 Å². The zero-order valence-corrected chi connectivity index (χ0v) is 17.5. The number of nitrogens with zero attached hydrogens (tertiary/aromatic N) is 6. The van der Waals surface area contributed by atoms with Crippen LogP contribution in [-0.2, 0) is 9.59 Å². The molecule has 10 heteroatoms. The standard InChI is InChI=1S/C21H22N8O2/c1-12(7-22)29(3)21(31)13(2)27-16-6-15(9-24-17(16)8-23)18-10-26-19(11-25-18)28-20(30)14-4-5-14/h6,9-14,27H,4-5H2,1-3H3,(H,26,28,30)/t12-,13+/m1/s1. The highest BCUT2D eigenvalue weighted by molar-refractivity contribution is 5.93. The Hall–Kier alpha value is -4.05. The van der Waals surface area contributed by atoms with E-state index >= 15 is 0 Å². The minimum atomic E-state index is -0.684. The summed E-state index contributed by atoms with van der Waals surface area (Å²) in [5.41, 5.74) is 1.58. The third-order valence-corrected chi connectivity index (χ3v) is 5.00. The number of rotatable bonds is 7. The molecule has 0 unspecified atom stereocenters. The maximum atomic E-state index is 12.5. The first-order valence-electron chi connectivity index (χ1n) is 9.80. The molecule has 10 nitrogen and oxygen atoms in total. The van der Waals surface area contributed by atoms with Crippen LogP contribution in [0.4, 0.5) is 11.5 Å². The van der Waals surface area contributed by atoms with Crippen LogP contribution in [0.15, 0.2) is 24.7 Å². The molecule has 1 aliphatic rings. The number of carbonyl (C=O) groups excluding carboxylic acids is 2. The quantitative estimate of drug-likeness (QED) is 0.693. The van der Waals surface area contributed by atoms with Crippen molar-refractivity contribution < 1.29 is 9.59 Å². The fraction of sp³-hybridized carbons (Fsp3) is 0.381. The molecule has 0 aromatic carbocycles. The summed E-state index contributed by atoms with van der Waals surface area (Å²) >= 11 is 0. The highest BCUT2D eigenvalue weighted by atomic mass is 16.2. The van der Waals surface area contributed by atoms with E-state index in [0.717, 1.165) is 12.8 Å². The smallest absolute Gasteiger partial charge is 0.245 e. The summed E-state index contributed by atoms with van der Waals surface area (Å²) in [5.74, 6) is 0.0917. The number of nitriles is 2. The molecular weight excluding hydrogens is 396 g/mol. The lowest BCUT2D eigenvalue weighted by atomic mass is 10.1. The van der Waals surface area contributed by atoms with Crippen molar-refractivity contribution in [1.29, 1.82) is 10.5 Å². The summed E-state index contributed by atoms with van der Waals surface area (Å²) in [6.45, 7) is 3.27. The van der Waals surface area contributed by atoms with Gasteiger partial charge < -0.3 is 15.5 Å². The molecule has 2 aromatic rings. The van der Waals surface area contributed by atoms with Crippen LogP contribution < -0.4 is 10.6 Å². The van der Waals surface area contributed by atoms with Crippen LogP contribution in [0.25, 0.3) is 11.3 Å². The third kappa shape index (κ3) is 5.11. The van der Waals surface area contributed by atoms with E-state index in [4.69, 9.17) is 5.26 Å². The molecule has 158 valence electrons. The van der Waals surface area contributed by atoms with E-state index in [0.29, 0.717) is 22.8 Å². The van der Waals surface area contributed by atoms with Crippen LogP contribution in [0.2, 0.25) is 0 Å². The number of amides is 2. The topological polar surface area (TPSA) is 148 Å². The zero-order chi connectivity index (χ0) is 22.5. The van der Waals surface area contributed by atoms with E-state index in [2.05, 4.69) is 25.6 Å². The van der Waals surface area contributed by atoms with E-state index in [-0.39, 0.29) is 23.4 Å². The molecule has 31 heavy (non-hydrogen) atoms. The predicted octanol–water partition coefficient (Wildman–Crippen LogP) is 1.93. The Morgan fingerprint density at radius 3 is 2.48 bits per heavy atom. The molecule has 0 saturated heterocycles. The number of aromatic nitrogens is 3. The van der Waals surface area contributed by atoms with Gasteiger partial charge >= 0.3 is 0 Å². The van der Waals surface area contributed by atoms with Crippen LogP contribution >= 0.6 is 0 Å². The number of anilines is 2. The molecule has 0 bridgehead atoms. The lowest BCUT2D eigenvalue weighted by molar-refractivity contribution is -0.131. The molecule has 1 saturated carbocycles. The highest BCUT2D eigenvalue weighted by Crippen LogP contribution is 2.30. The Labute approximate surface area is 179 Å². The second-order valence-electron chi connectivity index (χ2n) is 7.40. The van der Waals surface area contributed by atoms with E-state index in [1.165, 1.54) is 23.5 Å². The third-order valence-electron chi connectivity index (χ3n) is 5.00. The first-order valence-corrected chi connectivity index (χ1v) is 9.80. The Bertz CT molecular complexity index is 1070. The Morgan fingerprint density at radius 1 is 1.16 bits per heavy atom. The molecule has 2 amide bonds. The van der Waals surface area contributed by atoms with Gasteiger partial charge in [0.15, 0.2) is 11.5 Å².